The molecule has 2 saturated carbocycles. The van der Waals surface area contributed by atoms with E-state index in [2.05, 4.69) is 47.7 Å². The standard InChI is InChI=1S/C17H21NO/c1-2-4-13(5-3-1)15-8-9-16(12-15)18-11-10-17(19-18)14-6-7-14/h1-5,10-11,14-17H,6-9,12H2. The Hall–Kier alpha value is -1.28. The molecule has 1 aliphatic heterocycles. The highest BCUT2D eigenvalue weighted by molar-refractivity contribution is 5.21. The fourth-order valence-corrected chi connectivity index (χ4v) is 3.47. The third kappa shape index (κ3) is 2.30. The van der Waals surface area contributed by atoms with Crippen molar-refractivity contribution >= 4 is 0 Å². The van der Waals surface area contributed by atoms with Gasteiger partial charge in [0.05, 0.1) is 6.04 Å². The van der Waals surface area contributed by atoms with Crippen molar-refractivity contribution in [2.45, 2.75) is 50.2 Å². The van der Waals surface area contributed by atoms with Gasteiger partial charge in [-0.25, -0.2) is 0 Å². The molecule has 4 rings (SSSR count). The second-order valence-corrected chi connectivity index (χ2v) is 6.18. The van der Waals surface area contributed by atoms with Crippen LogP contribution in [0.2, 0.25) is 0 Å². The molecule has 0 bridgehead atoms. The molecular weight excluding hydrogens is 234 g/mol. The topological polar surface area (TPSA) is 12.5 Å². The zero-order chi connectivity index (χ0) is 12.7. The first-order chi connectivity index (χ1) is 9.40. The lowest BCUT2D eigenvalue weighted by Gasteiger charge is -2.24. The molecule has 0 aromatic heterocycles. The maximum Gasteiger partial charge on any atom is 0.108 e. The highest BCUT2D eigenvalue weighted by atomic mass is 16.7. The summed E-state index contributed by atoms with van der Waals surface area (Å²) in [5.74, 6) is 1.51. The Morgan fingerprint density at radius 1 is 1.00 bits per heavy atom. The van der Waals surface area contributed by atoms with Crippen molar-refractivity contribution in [2.24, 2.45) is 5.92 Å². The van der Waals surface area contributed by atoms with E-state index in [0.717, 1.165) is 5.92 Å². The highest BCUT2D eigenvalue weighted by Gasteiger charge is 2.38. The van der Waals surface area contributed by atoms with Crippen molar-refractivity contribution in [3.63, 3.8) is 0 Å². The number of hydrogen-bond donors (Lipinski definition) is 0. The Bertz CT molecular complexity index is 465. The van der Waals surface area contributed by atoms with E-state index in [1.165, 1.54) is 37.7 Å². The van der Waals surface area contributed by atoms with Gasteiger partial charge in [0.15, 0.2) is 0 Å². The van der Waals surface area contributed by atoms with Gasteiger partial charge in [0, 0.05) is 6.20 Å². The first-order valence-electron chi connectivity index (χ1n) is 7.58. The molecule has 2 aliphatic carbocycles. The predicted octanol–water partition coefficient (Wildman–Crippen LogP) is 3.86. The fourth-order valence-electron chi connectivity index (χ4n) is 3.47. The summed E-state index contributed by atoms with van der Waals surface area (Å²) in [6.45, 7) is 0. The Morgan fingerprint density at radius 2 is 1.84 bits per heavy atom. The SMILES string of the molecule is C1=CN(C2CCC(c3ccccc3)C2)OC1C1CC1. The monoisotopic (exact) mass is 255 g/mol. The largest absolute Gasteiger partial charge is 0.266 e. The zero-order valence-electron chi connectivity index (χ0n) is 11.2. The molecule has 0 saturated heterocycles. The lowest BCUT2D eigenvalue weighted by molar-refractivity contribution is -0.159. The van der Waals surface area contributed by atoms with Crippen LogP contribution in [0.25, 0.3) is 0 Å². The summed E-state index contributed by atoms with van der Waals surface area (Å²) in [5.41, 5.74) is 1.49. The summed E-state index contributed by atoms with van der Waals surface area (Å²) in [6.07, 6.45) is 11.3. The van der Waals surface area contributed by atoms with Gasteiger partial charge in [0.25, 0.3) is 0 Å². The molecule has 3 atom stereocenters. The Balaban J connectivity index is 1.38. The second-order valence-electron chi connectivity index (χ2n) is 6.18. The molecule has 3 unspecified atom stereocenters. The van der Waals surface area contributed by atoms with E-state index in [1.807, 2.05) is 0 Å². The molecule has 2 heteroatoms. The smallest absolute Gasteiger partial charge is 0.108 e. The number of hydrogen-bond acceptors (Lipinski definition) is 2. The minimum Gasteiger partial charge on any atom is -0.266 e. The molecule has 3 aliphatic rings. The van der Waals surface area contributed by atoms with Gasteiger partial charge in [0.1, 0.15) is 6.10 Å². The van der Waals surface area contributed by atoms with Crippen LogP contribution in [0.3, 0.4) is 0 Å². The minimum absolute atomic E-state index is 0.371. The first kappa shape index (κ1) is 11.5. The van der Waals surface area contributed by atoms with Gasteiger partial charge in [-0.2, -0.15) is 0 Å². The van der Waals surface area contributed by atoms with Gasteiger partial charge < -0.3 is 0 Å². The Labute approximate surface area is 115 Å². The van der Waals surface area contributed by atoms with Crippen molar-refractivity contribution in [3.8, 4) is 0 Å². The van der Waals surface area contributed by atoms with Crippen LogP contribution >= 0.6 is 0 Å². The first-order valence-corrected chi connectivity index (χ1v) is 7.58. The van der Waals surface area contributed by atoms with Crippen molar-refractivity contribution in [1.29, 1.82) is 0 Å². The molecule has 1 heterocycles. The van der Waals surface area contributed by atoms with Crippen LogP contribution in [0.5, 0.6) is 0 Å². The molecule has 1 aromatic carbocycles. The summed E-state index contributed by atoms with van der Waals surface area (Å²) in [7, 11) is 0. The molecule has 1 aromatic rings. The van der Waals surface area contributed by atoms with Crippen LogP contribution in [0.15, 0.2) is 42.6 Å². The van der Waals surface area contributed by atoms with E-state index in [4.69, 9.17) is 4.84 Å². The Kier molecular flexibility index (Phi) is 2.84. The van der Waals surface area contributed by atoms with Gasteiger partial charge in [-0.05, 0) is 55.6 Å². The van der Waals surface area contributed by atoms with Crippen LogP contribution in [-0.4, -0.2) is 17.2 Å². The molecule has 2 fully saturated rings. The van der Waals surface area contributed by atoms with Gasteiger partial charge in [0.2, 0.25) is 0 Å². The van der Waals surface area contributed by atoms with Crippen molar-refractivity contribution in [3.05, 3.63) is 48.2 Å². The minimum atomic E-state index is 0.371. The van der Waals surface area contributed by atoms with Crippen LogP contribution in [0, 0.1) is 5.92 Å². The van der Waals surface area contributed by atoms with Crippen LogP contribution < -0.4 is 0 Å². The normalized spacial score (nSPS) is 34.1. The second kappa shape index (κ2) is 4.68. The third-order valence-electron chi connectivity index (χ3n) is 4.79. The molecule has 0 N–H and O–H groups in total. The predicted molar refractivity (Wildman–Crippen MR) is 75.4 cm³/mol. The quantitative estimate of drug-likeness (QED) is 0.813. The molecule has 0 radical (unpaired) electrons. The van der Waals surface area contributed by atoms with Crippen LogP contribution in [0.1, 0.15) is 43.6 Å². The fraction of sp³-hybridized carbons (Fsp3) is 0.529. The van der Waals surface area contributed by atoms with Gasteiger partial charge in [-0.15, -0.1) is 0 Å². The third-order valence-corrected chi connectivity index (χ3v) is 4.79. The molecule has 2 nitrogen and oxygen atoms in total. The van der Waals surface area contributed by atoms with Gasteiger partial charge >= 0.3 is 0 Å². The number of nitrogens with zero attached hydrogens (tertiary/aromatic N) is 1. The van der Waals surface area contributed by atoms with E-state index < -0.39 is 0 Å². The summed E-state index contributed by atoms with van der Waals surface area (Å²) < 4.78 is 0. The zero-order valence-corrected chi connectivity index (χ0v) is 11.2. The van der Waals surface area contributed by atoms with E-state index in [9.17, 15) is 0 Å². The summed E-state index contributed by atoms with van der Waals surface area (Å²) in [5, 5.41) is 2.14. The number of rotatable bonds is 3. The number of hydroxylamine groups is 2. The lowest BCUT2D eigenvalue weighted by atomic mass is 9.98. The van der Waals surface area contributed by atoms with Crippen molar-refractivity contribution in [1.82, 2.24) is 5.06 Å². The van der Waals surface area contributed by atoms with Crippen LogP contribution in [0.4, 0.5) is 0 Å². The lowest BCUT2D eigenvalue weighted by Crippen LogP contribution is -2.28. The van der Waals surface area contributed by atoms with Gasteiger partial charge in [-0.1, -0.05) is 30.3 Å². The average Bonchev–Trinajstić information content (AvgIpc) is 3.01. The van der Waals surface area contributed by atoms with Crippen LogP contribution in [-0.2, 0) is 4.84 Å². The van der Waals surface area contributed by atoms with E-state index in [1.54, 1.807) is 0 Å². The van der Waals surface area contributed by atoms with Gasteiger partial charge in [-0.3, -0.25) is 9.90 Å². The summed E-state index contributed by atoms with van der Waals surface area (Å²) in [6, 6.07) is 11.5. The average molecular weight is 255 g/mol. The summed E-state index contributed by atoms with van der Waals surface area (Å²) in [4.78, 5) is 6.08. The van der Waals surface area contributed by atoms with E-state index in [0.29, 0.717) is 18.1 Å². The molecule has 19 heavy (non-hydrogen) atoms. The van der Waals surface area contributed by atoms with Crippen molar-refractivity contribution < 1.29 is 4.84 Å². The van der Waals surface area contributed by atoms with Crippen molar-refractivity contribution in [2.75, 3.05) is 0 Å². The maximum absolute atomic E-state index is 6.08. The number of benzene rings is 1. The molecule has 100 valence electrons. The summed E-state index contributed by atoms with van der Waals surface area (Å²) >= 11 is 0. The maximum atomic E-state index is 6.08. The molecule has 0 spiro atoms. The van der Waals surface area contributed by atoms with E-state index >= 15 is 0 Å². The van der Waals surface area contributed by atoms with E-state index in [-0.39, 0.29) is 0 Å². The molecule has 0 amide bonds. The Morgan fingerprint density at radius 3 is 2.63 bits per heavy atom. The highest BCUT2D eigenvalue weighted by Crippen LogP contribution is 2.41. The molecular formula is C17H21NO.